The van der Waals surface area contributed by atoms with E-state index in [9.17, 15) is 14.4 Å². The number of nitrogens with zero attached hydrogens (tertiary/aromatic N) is 2. The van der Waals surface area contributed by atoms with Crippen molar-refractivity contribution in [3.63, 3.8) is 0 Å². The van der Waals surface area contributed by atoms with Crippen LogP contribution in [0, 0.1) is 0 Å². The third-order valence-electron chi connectivity index (χ3n) is 5.31. The topological polar surface area (TPSA) is 100 Å². The van der Waals surface area contributed by atoms with Crippen LogP contribution in [0.5, 0.6) is 5.75 Å². The first-order valence-corrected chi connectivity index (χ1v) is 11.9. The van der Waals surface area contributed by atoms with Crippen LogP contribution in [-0.2, 0) is 9.59 Å². The molecule has 2 aromatic rings. The van der Waals surface area contributed by atoms with Gasteiger partial charge >= 0.3 is 0 Å². The lowest BCUT2D eigenvalue weighted by atomic mass is 10.2. The molecule has 4 rings (SSSR count). The molecule has 3 amide bonds. The Balaban J connectivity index is 1.19. The molecule has 0 spiro atoms. The normalized spacial score (nSPS) is 17.6. The van der Waals surface area contributed by atoms with Crippen molar-refractivity contribution in [1.29, 1.82) is 0 Å². The molecule has 172 valence electrons. The van der Waals surface area contributed by atoms with E-state index in [1.807, 2.05) is 30.3 Å². The molecule has 2 heterocycles. The summed E-state index contributed by atoms with van der Waals surface area (Å²) in [5, 5.41) is 5.84. The lowest BCUT2D eigenvalue weighted by Crippen LogP contribution is -2.28. The van der Waals surface area contributed by atoms with Crippen molar-refractivity contribution in [3.8, 4) is 5.75 Å². The van der Waals surface area contributed by atoms with Gasteiger partial charge < -0.3 is 20.3 Å². The average molecular weight is 467 g/mol. The Morgan fingerprint density at radius 2 is 1.79 bits per heavy atom. The molecule has 1 atom stereocenters. The Hall–Kier alpha value is -3.33. The Labute approximate surface area is 196 Å². The Kier molecular flexibility index (Phi) is 7.62. The zero-order chi connectivity index (χ0) is 23.0. The van der Waals surface area contributed by atoms with Gasteiger partial charge in [-0.2, -0.15) is 4.99 Å². The molecular formula is C24H26N4O4S. The highest BCUT2D eigenvalue weighted by atomic mass is 32.2. The number of rotatable bonds is 8. The van der Waals surface area contributed by atoms with E-state index in [-0.39, 0.29) is 24.1 Å². The van der Waals surface area contributed by atoms with Crippen molar-refractivity contribution in [2.24, 2.45) is 4.99 Å². The van der Waals surface area contributed by atoms with E-state index in [1.54, 1.807) is 24.3 Å². The first-order chi connectivity index (χ1) is 16.1. The quantitative estimate of drug-likeness (QED) is 0.581. The zero-order valence-electron chi connectivity index (χ0n) is 18.2. The van der Waals surface area contributed by atoms with Crippen LogP contribution >= 0.6 is 11.8 Å². The summed E-state index contributed by atoms with van der Waals surface area (Å²) in [7, 11) is 0. The first kappa shape index (κ1) is 22.8. The predicted molar refractivity (Wildman–Crippen MR) is 129 cm³/mol. The highest BCUT2D eigenvalue weighted by Gasteiger charge is 2.33. The van der Waals surface area contributed by atoms with Crippen LogP contribution < -0.4 is 15.4 Å². The zero-order valence-corrected chi connectivity index (χ0v) is 19.0. The fourth-order valence-electron chi connectivity index (χ4n) is 3.59. The van der Waals surface area contributed by atoms with E-state index < -0.39 is 5.25 Å². The van der Waals surface area contributed by atoms with Crippen molar-refractivity contribution in [1.82, 2.24) is 10.2 Å². The Morgan fingerprint density at radius 3 is 2.52 bits per heavy atom. The van der Waals surface area contributed by atoms with Gasteiger partial charge in [-0.1, -0.05) is 30.0 Å². The van der Waals surface area contributed by atoms with Crippen molar-refractivity contribution >= 4 is 40.3 Å². The van der Waals surface area contributed by atoms with E-state index in [0.29, 0.717) is 24.4 Å². The van der Waals surface area contributed by atoms with Gasteiger partial charge in [-0.25, -0.2) is 0 Å². The number of anilines is 1. The Bertz CT molecular complexity index is 1020. The molecule has 9 heteroatoms. The summed E-state index contributed by atoms with van der Waals surface area (Å²) in [5.41, 5.74) is 1.05. The van der Waals surface area contributed by atoms with Crippen LogP contribution in [0.3, 0.4) is 0 Å². The highest BCUT2D eigenvalue weighted by molar-refractivity contribution is 8.15. The fraction of sp³-hybridized carbons (Fsp3) is 0.333. The lowest BCUT2D eigenvalue weighted by Gasteiger charge is -2.16. The van der Waals surface area contributed by atoms with E-state index in [4.69, 9.17) is 4.74 Å². The molecule has 1 fully saturated rings. The number of likely N-dealkylation sites (tertiary alicyclic amines) is 1. The third kappa shape index (κ3) is 6.35. The second kappa shape index (κ2) is 11.0. The summed E-state index contributed by atoms with van der Waals surface area (Å²) >= 11 is 1.37. The number of carbonyl (C=O) groups excluding carboxylic acids is 3. The van der Waals surface area contributed by atoms with Crippen molar-refractivity contribution in [3.05, 3.63) is 60.2 Å². The minimum atomic E-state index is -0.483. The van der Waals surface area contributed by atoms with Gasteiger partial charge in [-0.15, -0.1) is 0 Å². The molecule has 0 aromatic heterocycles. The summed E-state index contributed by atoms with van der Waals surface area (Å²) < 4.78 is 5.55. The summed E-state index contributed by atoms with van der Waals surface area (Å²) in [4.78, 5) is 43.1. The number of para-hydroxylation sites is 1. The molecule has 0 bridgehead atoms. The van der Waals surface area contributed by atoms with Crippen molar-refractivity contribution < 1.29 is 19.1 Å². The summed E-state index contributed by atoms with van der Waals surface area (Å²) in [6, 6.07) is 16.0. The van der Waals surface area contributed by atoms with Gasteiger partial charge in [0.1, 0.15) is 17.6 Å². The Morgan fingerprint density at radius 1 is 1.06 bits per heavy atom. The monoisotopic (exact) mass is 466 g/mol. The molecule has 2 aromatic carbocycles. The standard InChI is InChI=1S/C24H26N4O4S/c29-21(16-20-23(31)27-24(33-20)28-13-4-5-14-28)26-18-10-8-17(9-11-18)22(30)25-12-15-32-19-6-2-1-3-7-19/h1-3,6-11,20H,4-5,12-16H2,(H,25,30)(H,26,29). The maximum absolute atomic E-state index is 12.4. The maximum atomic E-state index is 12.4. The largest absolute Gasteiger partial charge is 0.492 e. The van der Waals surface area contributed by atoms with Crippen LogP contribution in [0.15, 0.2) is 59.6 Å². The van der Waals surface area contributed by atoms with Crippen LogP contribution in [0.2, 0.25) is 0 Å². The average Bonchev–Trinajstić information content (AvgIpc) is 3.48. The molecule has 2 N–H and O–H groups in total. The minimum Gasteiger partial charge on any atom is -0.492 e. The first-order valence-electron chi connectivity index (χ1n) is 11.0. The number of amides is 3. The summed E-state index contributed by atoms with van der Waals surface area (Å²) in [6.07, 6.45) is 2.27. The van der Waals surface area contributed by atoms with E-state index in [0.717, 1.165) is 36.8 Å². The van der Waals surface area contributed by atoms with Gasteiger partial charge in [0, 0.05) is 30.8 Å². The van der Waals surface area contributed by atoms with Gasteiger partial charge in [0.15, 0.2) is 5.17 Å². The van der Waals surface area contributed by atoms with E-state index in [2.05, 4.69) is 20.5 Å². The number of thioether (sulfide) groups is 1. The van der Waals surface area contributed by atoms with Crippen LogP contribution in [0.25, 0.3) is 0 Å². The summed E-state index contributed by atoms with van der Waals surface area (Å²) in [6.45, 7) is 2.57. The molecule has 1 saturated heterocycles. The van der Waals surface area contributed by atoms with Gasteiger partial charge in [0.05, 0.1) is 6.54 Å². The summed E-state index contributed by atoms with van der Waals surface area (Å²) in [5.74, 6) is 0.0294. The number of benzene rings is 2. The number of hydrogen-bond donors (Lipinski definition) is 2. The molecular weight excluding hydrogens is 440 g/mol. The smallest absolute Gasteiger partial charge is 0.262 e. The molecule has 0 aliphatic carbocycles. The number of nitrogens with one attached hydrogen (secondary N) is 2. The number of hydrogen-bond acceptors (Lipinski definition) is 6. The second-order valence-corrected chi connectivity index (χ2v) is 8.95. The van der Waals surface area contributed by atoms with Crippen LogP contribution in [0.1, 0.15) is 29.6 Å². The van der Waals surface area contributed by atoms with Gasteiger partial charge in [-0.05, 0) is 49.2 Å². The molecule has 0 saturated carbocycles. The number of aliphatic imine (C=N–C) groups is 1. The molecule has 1 unspecified atom stereocenters. The van der Waals surface area contributed by atoms with Gasteiger partial charge in [0.25, 0.3) is 11.8 Å². The second-order valence-electron chi connectivity index (χ2n) is 7.78. The number of amidine groups is 1. The SMILES string of the molecule is O=C(CC1SC(N2CCCC2)=NC1=O)Nc1ccc(C(=O)NCCOc2ccccc2)cc1. The van der Waals surface area contributed by atoms with Crippen LogP contribution in [-0.4, -0.2) is 59.3 Å². The molecule has 33 heavy (non-hydrogen) atoms. The highest BCUT2D eigenvalue weighted by Crippen LogP contribution is 2.29. The van der Waals surface area contributed by atoms with Gasteiger partial charge in [0.2, 0.25) is 5.91 Å². The van der Waals surface area contributed by atoms with Crippen molar-refractivity contribution in [2.45, 2.75) is 24.5 Å². The van der Waals surface area contributed by atoms with Gasteiger partial charge in [-0.3, -0.25) is 14.4 Å². The minimum absolute atomic E-state index is 0.0635. The number of ether oxygens (including phenoxy) is 1. The fourth-order valence-corrected chi connectivity index (χ4v) is 4.71. The number of carbonyl (C=O) groups is 3. The van der Waals surface area contributed by atoms with Crippen molar-refractivity contribution in [2.75, 3.05) is 31.6 Å². The molecule has 2 aliphatic rings. The maximum Gasteiger partial charge on any atom is 0.262 e. The van der Waals surface area contributed by atoms with E-state index in [1.165, 1.54) is 11.8 Å². The lowest BCUT2D eigenvalue weighted by molar-refractivity contribution is -0.121. The molecule has 2 aliphatic heterocycles. The predicted octanol–water partition coefficient (Wildman–Crippen LogP) is 2.92. The van der Waals surface area contributed by atoms with Crippen LogP contribution in [0.4, 0.5) is 5.69 Å². The molecule has 8 nitrogen and oxygen atoms in total. The molecule has 0 radical (unpaired) electrons. The van der Waals surface area contributed by atoms with E-state index >= 15 is 0 Å². The third-order valence-corrected chi connectivity index (χ3v) is 6.52.